The fourth-order valence-corrected chi connectivity index (χ4v) is 1.24. The van der Waals surface area contributed by atoms with Crippen molar-refractivity contribution in [2.24, 2.45) is 5.73 Å². The van der Waals surface area contributed by atoms with Gasteiger partial charge in [-0.25, -0.2) is 0 Å². The zero-order valence-corrected chi connectivity index (χ0v) is 6.50. The molecule has 0 aliphatic carbocycles. The molecule has 8 heavy (non-hydrogen) atoms. The molecule has 0 aromatic carbocycles. The van der Waals surface area contributed by atoms with Gasteiger partial charge >= 0.3 is 0 Å². The maximum atomic E-state index is 5.50. The Balaban J connectivity index is 2.72. The Kier molecular flexibility index (Phi) is 5.66. The van der Waals surface area contributed by atoms with E-state index in [-0.39, 0.29) is 0 Å². The van der Waals surface area contributed by atoms with Crippen LogP contribution in [0.2, 0.25) is 0 Å². The number of unbranched alkanes of at least 4 members (excludes halogenated alkanes) is 1. The lowest BCUT2D eigenvalue weighted by molar-refractivity contribution is 0.891. The lowest BCUT2D eigenvalue weighted by Gasteiger charge is -2.01. The maximum absolute atomic E-state index is 5.50. The van der Waals surface area contributed by atoms with E-state index in [0.717, 1.165) is 0 Å². The monoisotopic (exact) mass is 133 g/mol. The molecule has 0 aliphatic heterocycles. The molecule has 0 aliphatic rings. The van der Waals surface area contributed by atoms with Crippen LogP contribution < -0.4 is 5.73 Å². The van der Waals surface area contributed by atoms with Gasteiger partial charge in [0.05, 0.1) is 0 Å². The minimum Gasteiger partial charge on any atom is -0.320 e. The van der Waals surface area contributed by atoms with Crippen molar-refractivity contribution in [1.29, 1.82) is 0 Å². The van der Waals surface area contributed by atoms with Gasteiger partial charge in [0.1, 0.15) is 0 Å². The van der Waals surface area contributed by atoms with E-state index in [9.17, 15) is 0 Å². The first-order valence-electron chi connectivity index (χ1n) is 3.14. The topological polar surface area (TPSA) is 26.0 Å². The summed E-state index contributed by atoms with van der Waals surface area (Å²) < 4.78 is 0. The van der Waals surface area contributed by atoms with Crippen LogP contribution in [0.4, 0.5) is 0 Å². The SMILES string of the molecule is CCCCSC(C)N. The molecule has 0 spiro atoms. The van der Waals surface area contributed by atoms with E-state index in [2.05, 4.69) is 6.92 Å². The van der Waals surface area contributed by atoms with Crippen LogP contribution in [0, 0.1) is 0 Å². The van der Waals surface area contributed by atoms with E-state index >= 15 is 0 Å². The molecular formula is C6H15NS. The van der Waals surface area contributed by atoms with Gasteiger partial charge in [-0.15, -0.1) is 11.8 Å². The summed E-state index contributed by atoms with van der Waals surface area (Å²) in [7, 11) is 0. The highest BCUT2D eigenvalue weighted by molar-refractivity contribution is 7.99. The molecule has 1 nitrogen and oxygen atoms in total. The number of nitrogens with two attached hydrogens (primary N) is 1. The van der Waals surface area contributed by atoms with E-state index < -0.39 is 0 Å². The molecule has 0 bridgehead atoms. The molecule has 0 saturated carbocycles. The fraction of sp³-hybridized carbons (Fsp3) is 1.00. The number of hydrogen-bond acceptors (Lipinski definition) is 2. The van der Waals surface area contributed by atoms with Gasteiger partial charge in [0.25, 0.3) is 0 Å². The molecule has 0 saturated heterocycles. The van der Waals surface area contributed by atoms with E-state index in [4.69, 9.17) is 5.73 Å². The molecule has 0 aromatic rings. The summed E-state index contributed by atoms with van der Waals surface area (Å²) >= 11 is 1.83. The molecule has 0 heterocycles. The normalized spacial score (nSPS) is 13.9. The first-order chi connectivity index (χ1) is 3.77. The standard InChI is InChI=1S/C6H15NS/c1-3-4-5-8-6(2)7/h6H,3-5,7H2,1-2H3. The van der Waals surface area contributed by atoms with Crippen LogP contribution >= 0.6 is 11.8 Å². The van der Waals surface area contributed by atoms with Crippen LogP contribution in [0.15, 0.2) is 0 Å². The Morgan fingerprint density at radius 3 is 2.62 bits per heavy atom. The van der Waals surface area contributed by atoms with Crippen molar-refractivity contribution in [2.45, 2.75) is 32.1 Å². The predicted octanol–water partition coefficient (Wildman–Crippen LogP) is 1.82. The van der Waals surface area contributed by atoms with Gasteiger partial charge in [-0.1, -0.05) is 13.3 Å². The van der Waals surface area contributed by atoms with Crippen molar-refractivity contribution < 1.29 is 0 Å². The molecular weight excluding hydrogens is 118 g/mol. The van der Waals surface area contributed by atoms with Gasteiger partial charge in [0, 0.05) is 5.37 Å². The van der Waals surface area contributed by atoms with Crippen LogP contribution in [0.25, 0.3) is 0 Å². The van der Waals surface area contributed by atoms with Crippen molar-refractivity contribution in [2.75, 3.05) is 5.75 Å². The maximum Gasteiger partial charge on any atom is 0.0478 e. The Bertz CT molecular complexity index is 45.8. The van der Waals surface area contributed by atoms with E-state index in [1.54, 1.807) is 0 Å². The molecule has 0 fully saturated rings. The Labute approximate surface area is 56.0 Å². The summed E-state index contributed by atoms with van der Waals surface area (Å²) in [4.78, 5) is 0. The van der Waals surface area contributed by atoms with E-state index in [1.807, 2.05) is 18.7 Å². The number of thioether (sulfide) groups is 1. The Morgan fingerprint density at radius 1 is 1.62 bits per heavy atom. The average molecular weight is 133 g/mol. The van der Waals surface area contributed by atoms with Gasteiger partial charge in [-0.05, 0) is 19.1 Å². The third-order valence-electron chi connectivity index (χ3n) is 0.879. The fourth-order valence-electron chi connectivity index (χ4n) is 0.414. The van der Waals surface area contributed by atoms with Crippen molar-refractivity contribution in [3.63, 3.8) is 0 Å². The second-order valence-electron chi connectivity index (χ2n) is 1.93. The van der Waals surface area contributed by atoms with Gasteiger partial charge in [0.2, 0.25) is 0 Å². The Hall–Kier alpha value is 0.310. The third-order valence-corrected chi connectivity index (χ3v) is 1.93. The minimum absolute atomic E-state index is 0.321. The van der Waals surface area contributed by atoms with Gasteiger partial charge in [-0.2, -0.15) is 0 Å². The van der Waals surface area contributed by atoms with Crippen LogP contribution in [0.1, 0.15) is 26.7 Å². The molecule has 2 N–H and O–H groups in total. The highest BCUT2D eigenvalue weighted by Gasteiger charge is 1.90. The molecule has 0 rings (SSSR count). The lowest BCUT2D eigenvalue weighted by atomic mass is 10.4. The first kappa shape index (κ1) is 8.31. The molecule has 2 heteroatoms. The van der Waals surface area contributed by atoms with Crippen molar-refractivity contribution in [1.82, 2.24) is 0 Å². The number of hydrogen-bond donors (Lipinski definition) is 1. The summed E-state index contributed by atoms with van der Waals surface area (Å²) in [5.74, 6) is 1.22. The molecule has 0 radical (unpaired) electrons. The summed E-state index contributed by atoms with van der Waals surface area (Å²) in [6.07, 6.45) is 2.58. The minimum atomic E-state index is 0.321. The molecule has 1 atom stereocenters. The van der Waals surface area contributed by atoms with Crippen molar-refractivity contribution in [3.05, 3.63) is 0 Å². The van der Waals surface area contributed by atoms with E-state index in [0.29, 0.717) is 5.37 Å². The second kappa shape index (κ2) is 5.45. The van der Waals surface area contributed by atoms with E-state index in [1.165, 1.54) is 18.6 Å². The highest BCUT2D eigenvalue weighted by Crippen LogP contribution is 2.06. The molecule has 1 unspecified atom stereocenters. The molecule has 0 amide bonds. The average Bonchev–Trinajstić information content (AvgIpc) is 1.66. The largest absolute Gasteiger partial charge is 0.320 e. The van der Waals surface area contributed by atoms with Crippen molar-refractivity contribution >= 4 is 11.8 Å². The zero-order valence-electron chi connectivity index (χ0n) is 5.68. The van der Waals surface area contributed by atoms with Gasteiger partial charge in [0.15, 0.2) is 0 Å². The Morgan fingerprint density at radius 2 is 2.25 bits per heavy atom. The lowest BCUT2D eigenvalue weighted by Crippen LogP contribution is -2.09. The highest BCUT2D eigenvalue weighted by atomic mass is 32.2. The van der Waals surface area contributed by atoms with Crippen LogP contribution in [0.5, 0.6) is 0 Å². The van der Waals surface area contributed by atoms with Crippen LogP contribution in [0.3, 0.4) is 0 Å². The molecule has 50 valence electrons. The zero-order chi connectivity index (χ0) is 6.41. The first-order valence-corrected chi connectivity index (χ1v) is 4.19. The van der Waals surface area contributed by atoms with Crippen LogP contribution in [-0.2, 0) is 0 Å². The molecule has 0 aromatic heterocycles. The number of rotatable bonds is 4. The summed E-state index contributed by atoms with van der Waals surface area (Å²) in [5.41, 5.74) is 5.50. The summed E-state index contributed by atoms with van der Waals surface area (Å²) in [6, 6.07) is 0. The van der Waals surface area contributed by atoms with Gasteiger partial charge in [-0.3, -0.25) is 0 Å². The predicted molar refractivity (Wildman–Crippen MR) is 41.0 cm³/mol. The smallest absolute Gasteiger partial charge is 0.0478 e. The summed E-state index contributed by atoms with van der Waals surface area (Å²) in [5, 5.41) is 0.321. The van der Waals surface area contributed by atoms with Crippen molar-refractivity contribution in [3.8, 4) is 0 Å². The quantitative estimate of drug-likeness (QED) is 0.467. The van der Waals surface area contributed by atoms with Gasteiger partial charge < -0.3 is 5.73 Å². The third kappa shape index (κ3) is 6.31. The second-order valence-corrected chi connectivity index (χ2v) is 3.41. The summed E-state index contributed by atoms with van der Waals surface area (Å²) in [6.45, 7) is 4.22. The van der Waals surface area contributed by atoms with Crippen LogP contribution in [-0.4, -0.2) is 11.1 Å².